The number of carbonyl (C=O) groups is 1. The van der Waals surface area contributed by atoms with Gasteiger partial charge in [0.2, 0.25) is 0 Å². The van der Waals surface area contributed by atoms with Gasteiger partial charge in [0.05, 0.1) is 19.9 Å². The van der Waals surface area contributed by atoms with Crippen molar-refractivity contribution in [2.75, 3.05) is 40.8 Å². The fourth-order valence-corrected chi connectivity index (χ4v) is 2.68. The van der Waals surface area contributed by atoms with Gasteiger partial charge in [-0.05, 0) is 45.9 Å². The summed E-state index contributed by atoms with van der Waals surface area (Å²) < 4.78 is 7.07. The Hall–Kier alpha value is -1.40. The number of rotatable bonds is 8. The van der Waals surface area contributed by atoms with Crippen LogP contribution in [-0.2, 0) is 6.54 Å². The molecule has 2 heterocycles. The summed E-state index contributed by atoms with van der Waals surface area (Å²) in [6.07, 6.45) is 4.31. The Kier molecular flexibility index (Phi) is 5.76. The summed E-state index contributed by atoms with van der Waals surface area (Å²) in [5, 5.41) is 7.63. The minimum atomic E-state index is 0.134. The van der Waals surface area contributed by atoms with E-state index < -0.39 is 0 Å². The largest absolute Gasteiger partial charge is 0.493 e. The maximum Gasteiger partial charge on any atom is 0.184 e. The molecule has 0 amide bonds. The van der Waals surface area contributed by atoms with E-state index >= 15 is 0 Å². The lowest BCUT2D eigenvalue weighted by Crippen LogP contribution is -2.22. The third kappa shape index (κ3) is 4.28. The van der Waals surface area contributed by atoms with Gasteiger partial charge in [0.25, 0.3) is 0 Å². The van der Waals surface area contributed by atoms with Gasteiger partial charge in [0, 0.05) is 13.0 Å². The zero-order chi connectivity index (χ0) is 15.2. The van der Waals surface area contributed by atoms with Crippen molar-refractivity contribution in [1.29, 1.82) is 0 Å². The lowest BCUT2D eigenvalue weighted by molar-refractivity contribution is 0.0960. The molecular weight excluding hydrogens is 268 g/mol. The summed E-state index contributed by atoms with van der Waals surface area (Å²) in [5.74, 6) is 1.34. The Balaban J connectivity index is 2.00. The molecule has 118 valence electrons. The number of nitrogens with zero attached hydrogens (tertiary/aromatic N) is 3. The summed E-state index contributed by atoms with van der Waals surface area (Å²) in [4.78, 5) is 14.6. The summed E-state index contributed by atoms with van der Waals surface area (Å²) in [5.41, 5.74) is 0.616. The van der Waals surface area contributed by atoms with Crippen LogP contribution in [0.1, 0.15) is 29.8 Å². The Morgan fingerprint density at radius 1 is 1.57 bits per heavy atom. The smallest absolute Gasteiger partial charge is 0.184 e. The molecule has 1 fully saturated rings. The van der Waals surface area contributed by atoms with Crippen LogP contribution in [0.3, 0.4) is 0 Å². The molecule has 0 aliphatic carbocycles. The Morgan fingerprint density at radius 2 is 2.38 bits per heavy atom. The zero-order valence-corrected chi connectivity index (χ0v) is 13.3. The van der Waals surface area contributed by atoms with Crippen LogP contribution in [-0.4, -0.2) is 61.3 Å². The highest BCUT2D eigenvalue weighted by atomic mass is 16.5. The highest BCUT2D eigenvalue weighted by Crippen LogP contribution is 2.22. The Morgan fingerprint density at radius 3 is 3.00 bits per heavy atom. The second kappa shape index (κ2) is 7.56. The zero-order valence-electron chi connectivity index (χ0n) is 13.3. The molecule has 0 saturated carbocycles. The number of hydrogen-bond acceptors (Lipinski definition) is 5. The first-order valence-corrected chi connectivity index (χ1v) is 7.60. The summed E-state index contributed by atoms with van der Waals surface area (Å²) >= 11 is 0. The van der Waals surface area contributed by atoms with Gasteiger partial charge >= 0.3 is 0 Å². The molecule has 6 nitrogen and oxygen atoms in total. The normalized spacial score (nSPS) is 18.4. The van der Waals surface area contributed by atoms with Crippen LogP contribution in [0.25, 0.3) is 0 Å². The van der Waals surface area contributed by atoms with Crippen LogP contribution < -0.4 is 10.1 Å². The minimum absolute atomic E-state index is 0.134. The standard InChI is InChI=1S/C15H26N4O2/c1-18(2)8-9-19-15(14(21-3)11-17-19)13(20)5-4-12-6-7-16-10-12/h11-12,16H,4-10H2,1-3H3. The predicted octanol–water partition coefficient (Wildman–Crippen LogP) is 1.03. The molecule has 0 spiro atoms. The molecular formula is C15H26N4O2. The maximum atomic E-state index is 12.5. The van der Waals surface area contributed by atoms with Crippen molar-refractivity contribution in [3.8, 4) is 5.75 Å². The van der Waals surface area contributed by atoms with Crippen molar-refractivity contribution in [3.05, 3.63) is 11.9 Å². The fraction of sp³-hybridized carbons (Fsp3) is 0.733. The first kappa shape index (κ1) is 16.0. The van der Waals surface area contributed by atoms with E-state index in [1.807, 2.05) is 14.1 Å². The van der Waals surface area contributed by atoms with Gasteiger partial charge in [-0.15, -0.1) is 0 Å². The second-order valence-corrected chi connectivity index (χ2v) is 5.91. The first-order chi connectivity index (χ1) is 10.1. The van der Waals surface area contributed by atoms with Crippen molar-refractivity contribution in [1.82, 2.24) is 20.0 Å². The molecule has 21 heavy (non-hydrogen) atoms. The van der Waals surface area contributed by atoms with Crippen LogP contribution in [0.2, 0.25) is 0 Å². The number of aromatic nitrogens is 2. The van der Waals surface area contributed by atoms with Crippen molar-refractivity contribution in [3.63, 3.8) is 0 Å². The number of likely N-dealkylation sites (N-methyl/N-ethyl adjacent to an activating group) is 1. The molecule has 1 aromatic rings. The third-order valence-electron chi connectivity index (χ3n) is 3.99. The number of nitrogens with one attached hydrogen (secondary N) is 1. The number of carbonyl (C=O) groups excluding carboxylic acids is 1. The molecule has 1 atom stereocenters. The van der Waals surface area contributed by atoms with Gasteiger partial charge in [-0.1, -0.05) is 0 Å². The van der Waals surface area contributed by atoms with Crippen LogP contribution in [0.4, 0.5) is 0 Å². The maximum absolute atomic E-state index is 12.5. The molecule has 1 aliphatic heterocycles. The monoisotopic (exact) mass is 294 g/mol. The van der Waals surface area contributed by atoms with E-state index in [-0.39, 0.29) is 5.78 Å². The van der Waals surface area contributed by atoms with Crippen LogP contribution in [0, 0.1) is 5.92 Å². The molecule has 0 radical (unpaired) electrons. The van der Waals surface area contributed by atoms with E-state index in [1.54, 1.807) is 18.0 Å². The van der Waals surface area contributed by atoms with Crippen molar-refractivity contribution in [2.45, 2.75) is 25.8 Å². The van der Waals surface area contributed by atoms with Crippen molar-refractivity contribution < 1.29 is 9.53 Å². The van der Waals surface area contributed by atoms with Gasteiger partial charge in [-0.2, -0.15) is 5.10 Å². The molecule has 2 rings (SSSR count). The van der Waals surface area contributed by atoms with Gasteiger partial charge in [-0.3, -0.25) is 9.48 Å². The highest BCUT2D eigenvalue weighted by Gasteiger charge is 2.22. The Bertz CT molecular complexity index is 464. The van der Waals surface area contributed by atoms with Gasteiger partial charge in [0.1, 0.15) is 5.69 Å². The van der Waals surface area contributed by atoms with E-state index in [4.69, 9.17) is 4.74 Å². The minimum Gasteiger partial charge on any atom is -0.493 e. The number of hydrogen-bond donors (Lipinski definition) is 1. The Labute approximate surface area is 126 Å². The van der Waals surface area contributed by atoms with E-state index in [1.165, 1.54) is 6.42 Å². The van der Waals surface area contributed by atoms with Crippen molar-refractivity contribution in [2.24, 2.45) is 5.92 Å². The van der Waals surface area contributed by atoms with E-state index in [0.717, 1.165) is 26.1 Å². The number of methoxy groups -OCH3 is 1. The van der Waals surface area contributed by atoms with Crippen LogP contribution in [0.5, 0.6) is 5.75 Å². The summed E-state index contributed by atoms with van der Waals surface area (Å²) in [7, 11) is 5.61. The van der Waals surface area contributed by atoms with E-state index in [2.05, 4.69) is 15.3 Å². The lowest BCUT2D eigenvalue weighted by Gasteiger charge is -2.13. The fourth-order valence-electron chi connectivity index (χ4n) is 2.68. The van der Waals surface area contributed by atoms with Crippen LogP contribution >= 0.6 is 0 Å². The number of Topliss-reactive ketones (excluding diaryl/α,β-unsaturated/α-hetero) is 1. The molecule has 1 saturated heterocycles. The molecule has 0 aromatic carbocycles. The average molecular weight is 294 g/mol. The molecule has 1 aromatic heterocycles. The third-order valence-corrected chi connectivity index (χ3v) is 3.99. The number of ketones is 1. The van der Waals surface area contributed by atoms with Gasteiger partial charge < -0.3 is 15.0 Å². The summed E-state index contributed by atoms with van der Waals surface area (Å²) in [6.45, 7) is 3.65. The van der Waals surface area contributed by atoms with Gasteiger partial charge in [-0.25, -0.2) is 0 Å². The van der Waals surface area contributed by atoms with Gasteiger partial charge in [0.15, 0.2) is 11.5 Å². The molecule has 1 unspecified atom stereocenters. The molecule has 1 N–H and O–H groups in total. The molecule has 6 heteroatoms. The van der Waals surface area contributed by atoms with Crippen LogP contribution in [0.15, 0.2) is 6.20 Å². The lowest BCUT2D eigenvalue weighted by atomic mass is 10.00. The quantitative estimate of drug-likeness (QED) is 0.726. The highest BCUT2D eigenvalue weighted by molar-refractivity contribution is 5.97. The molecule has 1 aliphatic rings. The second-order valence-electron chi connectivity index (χ2n) is 5.91. The first-order valence-electron chi connectivity index (χ1n) is 7.60. The average Bonchev–Trinajstić information content (AvgIpc) is 3.11. The van der Waals surface area contributed by atoms with E-state index in [9.17, 15) is 4.79 Å². The topological polar surface area (TPSA) is 59.4 Å². The summed E-state index contributed by atoms with van der Waals surface area (Å²) in [6, 6.07) is 0. The predicted molar refractivity (Wildman–Crippen MR) is 81.9 cm³/mol. The molecule has 0 bridgehead atoms. The van der Waals surface area contributed by atoms with E-state index in [0.29, 0.717) is 30.3 Å². The SMILES string of the molecule is COc1cnn(CCN(C)C)c1C(=O)CCC1CCNC1. The number of ether oxygens (including phenoxy) is 1. The van der Waals surface area contributed by atoms with Crippen molar-refractivity contribution >= 4 is 5.78 Å².